The minimum atomic E-state index is -0.972. The Morgan fingerprint density at radius 2 is 1.82 bits per heavy atom. The second-order valence-corrected chi connectivity index (χ2v) is 4.61. The summed E-state index contributed by atoms with van der Waals surface area (Å²) in [5, 5.41) is 12.1. The predicted octanol–water partition coefficient (Wildman–Crippen LogP) is 2.13. The first-order valence-electron chi connectivity index (χ1n) is 6.65. The lowest BCUT2D eigenvalue weighted by Crippen LogP contribution is -2.35. The van der Waals surface area contributed by atoms with Crippen LogP contribution < -0.4 is 10.1 Å². The van der Waals surface area contributed by atoms with Gasteiger partial charge in [0.2, 0.25) is 0 Å². The molecule has 1 unspecified atom stereocenters. The van der Waals surface area contributed by atoms with Gasteiger partial charge in [-0.2, -0.15) is 0 Å². The molecular weight excluding hydrogens is 292 g/mol. The second-order valence-electron chi connectivity index (χ2n) is 4.61. The predicted molar refractivity (Wildman–Crippen MR) is 76.6 cm³/mol. The Bertz CT molecular complexity index is 632. The number of aliphatic hydroxyl groups excluding tert-OH is 1. The Balaban J connectivity index is 1.78. The number of rotatable bonds is 6. The van der Waals surface area contributed by atoms with Crippen LogP contribution in [-0.2, 0) is 0 Å². The molecule has 2 N–H and O–H groups in total. The maximum Gasteiger partial charge on any atom is 0.254 e. The zero-order valence-electron chi connectivity index (χ0n) is 11.6. The van der Waals surface area contributed by atoms with Crippen LogP contribution in [0.25, 0.3) is 0 Å². The molecule has 0 bridgehead atoms. The summed E-state index contributed by atoms with van der Waals surface area (Å²) in [5.41, 5.74) is -0.0887. The van der Waals surface area contributed by atoms with Gasteiger partial charge >= 0.3 is 0 Å². The van der Waals surface area contributed by atoms with E-state index in [2.05, 4.69) is 5.32 Å². The van der Waals surface area contributed by atoms with Crippen LogP contribution in [0, 0.1) is 11.6 Å². The topological polar surface area (TPSA) is 58.6 Å². The van der Waals surface area contributed by atoms with Gasteiger partial charge in [-0.3, -0.25) is 4.79 Å². The van der Waals surface area contributed by atoms with Gasteiger partial charge in [-0.15, -0.1) is 0 Å². The Morgan fingerprint density at radius 3 is 2.50 bits per heavy atom. The van der Waals surface area contributed by atoms with Gasteiger partial charge < -0.3 is 15.2 Å². The number of amides is 1. The fourth-order valence-electron chi connectivity index (χ4n) is 1.73. The van der Waals surface area contributed by atoms with Crippen molar-refractivity contribution >= 4 is 5.91 Å². The lowest BCUT2D eigenvalue weighted by atomic mass is 10.2. The highest BCUT2D eigenvalue weighted by Gasteiger charge is 2.12. The number of carbonyl (C=O) groups is 1. The first kappa shape index (κ1) is 15.9. The molecule has 0 aliphatic carbocycles. The molecule has 0 fully saturated rings. The molecule has 0 spiro atoms. The van der Waals surface area contributed by atoms with Crippen molar-refractivity contribution in [2.45, 2.75) is 6.10 Å². The quantitative estimate of drug-likeness (QED) is 0.859. The number of carbonyl (C=O) groups excluding carboxylic acids is 1. The molecule has 4 nitrogen and oxygen atoms in total. The number of aliphatic hydroxyl groups is 1. The summed E-state index contributed by atoms with van der Waals surface area (Å²) in [6.45, 7) is -0.169. The van der Waals surface area contributed by atoms with E-state index in [0.29, 0.717) is 5.75 Å². The van der Waals surface area contributed by atoms with Crippen LogP contribution in [0.1, 0.15) is 10.4 Å². The van der Waals surface area contributed by atoms with Gasteiger partial charge in [0.05, 0.1) is 5.56 Å². The molecule has 116 valence electrons. The Kier molecular flexibility index (Phi) is 5.43. The third kappa shape index (κ3) is 4.53. The van der Waals surface area contributed by atoms with E-state index in [-0.39, 0.29) is 24.5 Å². The van der Waals surface area contributed by atoms with Crippen molar-refractivity contribution in [3.8, 4) is 5.75 Å². The molecule has 22 heavy (non-hydrogen) atoms. The SMILES string of the molecule is O=C(NCC(O)COc1ccc(F)cc1)c1ccccc1F. The van der Waals surface area contributed by atoms with Crippen molar-refractivity contribution in [2.75, 3.05) is 13.2 Å². The summed E-state index contributed by atoms with van der Waals surface area (Å²) in [7, 11) is 0. The zero-order valence-corrected chi connectivity index (χ0v) is 11.6. The monoisotopic (exact) mass is 307 g/mol. The Hall–Kier alpha value is -2.47. The van der Waals surface area contributed by atoms with Gasteiger partial charge in [0.15, 0.2) is 0 Å². The summed E-state index contributed by atoms with van der Waals surface area (Å²) < 4.78 is 31.3. The fraction of sp³-hybridized carbons (Fsp3) is 0.188. The van der Waals surface area contributed by atoms with Crippen LogP contribution in [0.5, 0.6) is 5.75 Å². The first-order chi connectivity index (χ1) is 10.6. The van der Waals surface area contributed by atoms with Crippen LogP contribution >= 0.6 is 0 Å². The van der Waals surface area contributed by atoms with E-state index in [4.69, 9.17) is 4.74 Å². The van der Waals surface area contributed by atoms with Crippen molar-refractivity contribution in [3.05, 3.63) is 65.7 Å². The normalized spacial score (nSPS) is 11.8. The molecule has 0 heterocycles. The highest BCUT2D eigenvalue weighted by atomic mass is 19.1. The highest BCUT2D eigenvalue weighted by Crippen LogP contribution is 2.11. The van der Waals surface area contributed by atoms with Crippen LogP contribution in [-0.4, -0.2) is 30.3 Å². The summed E-state index contributed by atoms with van der Waals surface area (Å²) in [6, 6.07) is 10.9. The maximum absolute atomic E-state index is 13.4. The smallest absolute Gasteiger partial charge is 0.254 e. The standard InChI is InChI=1S/C16H15F2NO3/c17-11-5-7-13(8-6-11)22-10-12(20)9-19-16(21)14-3-1-2-4-15(14)18/h1-8,12,20H,9-10H2,(H,19,21). The molecule has 2 aromatic rings. The van der Waals surface area contributed by atoms with Crippen LogP contribution in [0.4, 0.5) is 8.78 Å². The van der Waals surface area contributed by atoms with Crippen molar-refractivity contribution in [2.24, 2.45) is 0 Å². The molecular formula is C16H15F2NO3. The number of benzene rings is 2. The average molecular weight is 307 g/mol. The van der Waals surface area contributed by atoms with Crippen LogP contribution in [0.2, 0.25) is 0 Å². The lowest BCUT2D eigenvalue weighted by Gasteiger charge is -2.13. The average Bonchev–Trinajstić information content (AvgIpc) is 2.52. The van der Waals surface area contributed by atoms with E-state index in [1.165, 1.54) is 42.5 Å². The molecule has 0 radical (unpaired) electrons. The van der Waals surface area contributed by atoms with E-state index in [0.717, 1.165) is 0 Å². The maximum atomic E-state index is 13.4. The molecule has 6 heteroatoms. The molecule has 1 atom stereocenters. The highest BCUT2D eigenvalue weighted by molar-refractivity contribution is 5.94. The minimum absolute atomic E-state index is 0.0802. The van der Waals surface area contributed by atoms with E-state index >= 15 is 0 Å². The fourth-order valence-corrected chi connectivity index (χ4v) is 1.73. The van der Waals surface area contributed by atoms with E-state index in [9.17, 15) is 18.7 Å². The second kappa shape index (κ2) is 7.51. The van der Waals surface area contributed by atoms with Crippen molar-refractivity contribution in [1.29, 1.82) is 0 Å². The van der Waals surface area contributed by atoms with Gasteiger partial charge in [-0.25, -0.2) is 8.78 Å². The third-order valence-corrected chi connectivity index (χ3v) is 2.87. The summed E-state index contributed by atoms with van der Waals surface area (Å²) in [4.78, 5) is 11.7. The Labute approximate surface area is 126 Å². The molecule has 2 rings (SSSR count). The molecule has 2 aromatic carbocycles. The summed E-state index contributed by atoms with van der Waals surface area (Å²) in [6.07, 6.45) is -0.972. The van der Waals surface area contributed by atoms with Gasteiger partial charge in [0.1, 0.15) is 30.1 Å². The third-order valence-electron chi connectivity index (χ3n) is 2.87. The van der Waals surface area contributed by atoms with Gasteiger partial charge in [0, 0.05) is 6.54 Å². The first-order valence-corrected chi connectivity index (χ1v) is 6.65. The largest absolute Gasteiger partial charge is 0.491 e. The number of hydrogen-bond acceptors (Lipinski definition) is 3. The van der Waals surface area contributed by atoms with Gasteiger partial charge in [-0.1, -0.05) is 12.1 Å². The van der Waals surface area contributed by atoms with Crippen molar-refractivity contribution in [3.63, 3.8) is 0 Å². The zero-order chi connectivity index (χ0) is 15.9. The minimum Gasteiger partial charge on any atom is -0.491 e. The number of ether oxygens (including phenoxy) is 1. The molecule has 0 saturated carbocycles. The lowest BCUT2D eigenvalue weighted by molar-refractivity contribution is 0.0840. The number of nitrogens with one attached hydrogen (secondary N) is 1. The van der Waals surface area contributed by atoms with Crippen LogP contribution in [0.15, 0.2) is 48.5 Å². The number of hydrogen-bond donors (Lipinski definition) is 2. The Morgan fingerprint density at radius 1 is 1.14 bits per heavy atom. The van der Waals surface area contributed by atoms with E-state index < -0.39 is 17.8 Å². The van der Waals surface area contributed by atoms with Crippen LogP contribution in [0.3, 0.4) is 0 Å². The summed E-state index contributed by atoms with van der Waals surface area (Å²) in [5.74, 6) is -1.22. The van der Waals surface area contributed by atoms with Gasteiger partial charge in [0.25, 0.3) is 5.91 Å². The van der Waals surface area contributed by atoms with Crippen molar-refractivity contribution in [1.82, 2.24) is 5.32 Å². The van der Waals surface area contributed by atoms with E-state index in [1.807, 2.05) is 0 Å². The van der Waals surface area contributed by atoms with Gasteiger partial charge in [-0.05, 0) is 36.4 Å². The molecule has 1 amide bonds. The molecule has 0 saturated heterocycles. The molecule has 0 aliphatic rings. The molecule has 0 aliphatic heterocycles. The van der Waals surface area contributed by atoms with E-state index in [1.54, 1.807) is 6.07 Å². The molecule has 0 aromatic heterocycles. The summed E-state index contributed by atoms with van der Waals surface area (Å²) >= 11 is 0. The number of halogens is 2. The van der Waals surface area contributed by atoms with Crippen molar-refractivity contribution < 1.29 is 23.4 Å².